The Balaban J connectivity index is 4.58. The van der Waals surface area contributed by atoms with E-state index in [1.165, 1.54) is 0 Å². The van der Waals surface area contributed by atoms with E-state index in [2.05, 4.69) is 0 Å². The average molecular weight is 233 g/mol. The second-order valence-corrected chi connectivity index (χ2v) is 3.06. The third kappa shape index (κ3) is 3.32. The molecule has 0 saturated heterocycles. The highest BCUT2D eigenvalue weighted by molar-refractivity contribution is 5.84. The van der Waals surface area contributed by atoms with E-state index < -0.39 is 24.0 Å². The van der Waals surface area contributed by atoms with Crippen molar-refractivity contribution in [1.82, 2.24) is 5.32 Å². The molecule has 1 N–H and O–H groups in total. The quantitative estimate of drug-likeness (QED) is 0.742. The number of halogens is 5. The summed E-state index contributed by atoms with van der Waals surface area (Å²) < 4.78 is 60.0. The van der Waals surface area contributed by atoms with Crippen LogP contribution in [0.25, 0.3) is 0 Å². The third-order valence-corrected chi connectivity index (χ3v) is 1.96. The molecule has 0 fully saturated rings. The Morgan fingerprint density at radius 3 is 1.80 bits per heavy atom. The number of hydrogen-bond donors (Lipinski definition) is 1. The maximum atomic E-state index is 12.4. The Labute approximate surface area is 83.8 Å². The van der Waals surface area contributed by atoms with Crippen molar-refractivity contribution in [1.29, 1.82) is 0 Å². The molecule has 0 radical (unpaired) electrons. The Kier molecular flexibility index (Phi) is 4.48. The highest BCUT2D eigenvalue weighted by Crippen LogP contribution is 2.35. The second-order valence-electron chi connectivity index (χ2n) is 3.06. The summed E-state index contributed by atoms with van der Waals surface area (Å²) in [6.45, 7) is 3.17. The largest absolute Gasteiger partial charge is 0.463 e. The Morgan fingerprint density at radius 1 is 1.13 bits per heavy atom. The number of nitrogens with one attached hydrogen (secondary N) is 1. The van der Waals surface area contributed by atoms with Crippen LogP contribution in [-0.4, -0.2) is 24.0 Å². The van der Waals surface area contributed by atoms with Crippen LogP contribution in [0.4, 0.5) is 22.0 Å². The summed E-state index contributed by atoms with van der Waals surface area (Å²) >= 11 is 0. The fraction of sp³-hybridized carbons (Fsp3) is 0.875. The molecule has 0 spiro atoms. The first-order valence-electron chi connectivity index (χ1n) is 4.42. The van der Waals surface area contributed by atoms with Crippen LogP contribution in [0.2, 0.25) is 0 Å². The first-order chi connectivity index (χ1) is 6.66. The van der Waals surface area contributed by atoms with Gasteiger partial charge in [0, 0.05) is 6.04 Å². The van der Waals surface area contributed by atoms with Crippen molar-refractivity contribution in [3.05, 3.63) is 0 Å². The molecule has 0 bridgehead atoms. The predicted octanol–water partition coefficient (Wildman–Crippen LogP) is 2.49. The van der Waals surface area contributed by atoms with E-state index in [4.69, 9.17) is 0 Å². The lowest BCUT2D eigenvalue weighted by atomic mass is 10.1. The molecule has 0 aromatic rings. The summed E-state index contributed by atoms with van der Waals surface area (Å²) in [5.74, 6) is -7.61. The van der Waals surface area contributed by atoms with Gasteiger partial charge in [-0.2, -0.15) is 22.0 Å². The molecule has 2 nitrogen and oxygen atoms in total. The molecular weight excluding hydrogens is 221 g/mol. The van der Waals surface area contributed by atoms with Gasteiger partial charge in [-0.25, -0.2) is 0 Å². The van der Waals surface area contributed by atoms with E-state index in [1.54, 1.807) is 19.2 Å². The molecule has 0 aromatic carbocycles. The lowest BCUT2D eigenvalue weighted by Crippen LogP contribution is -2.52. The van der Waals surface area contributed by atoms with Crippen LogP contribution in [0.3, 0.4) is 0 Å². The molecule has 90 valence electrons. The van der Waals surface area contributed by atoms with Crippen molar-refractivity contribution >= 4 is 5.91 Å². The van der Waals surface area contributed by atoms with Crippen LogP contribution in [-0.2, 0) is 4.79 Å². The van der Waals surface area contributed by atoms with Gasteiger partial charge < -0.3 is 5.32 Å². The van der Waals surface area contributed by atoms with E-state index >= 15 is 0 Å². The summed E-state index contributed by atoms with van der Waals surface area (Å²) in [6, 6.07) is -0.661. The maximum Gasteiger partial charge on any atom is 0.463 e. The molecule has 0 saturated carbocycles. The van der Waals surface area contributed by atoms with Crippen LogP contribution in [0.15, 0.2) is 0 Å². The van der Waals surface area contributed by atoms with Gasteiger partial charge in [-0.1, -0.05) is 13.8 Å². The zero-order valence-corrected chi connectivity index (χ0v) is 8.29. The molecule has 0 aromatic heterocycles. The summed E-state index contributed by atoms with van der Waals surface area (Å²) in [4.78, 5) is 10.7. The summed E-state index contributed by atoms with van der Waals surface area (Å²) in [5.41, 5.74) is 0. The predicted molar refractivity (Wildman–Crippen MR) is 43.5 cm³/mol. The fourth-order valence-electron chi connectivity index (χ4n) is 0.898. The highest BCUT2D eigenvalue weighted by atomic mass is 19.4. The molecule has 1 amide bonds. The average Bonchev–Trinajstić information content (AvgIpc) is 2.11. The third-order valence-electron chi connectivity index (χ3n) is 1.96. The maximum absolute atomic E-state index is 12.4. The lowest BCUT2D eigenvalue weighted by Gasteiger charge is -2.22. The van der Waals surface area contributed by atoms with E-state index in [0.717, 1.165) is 0 Å². The smallest absolute Gasteiger partial charge is 0.348 e. The summed E-state index contributed by atoms with van der Waals surface area (Å²) in [7, 11) is 0. The molecule has 0 aliphatic heterocycles. The fourth-order valence-corrected chi connectivity index (χ4v) is 0.898. The molecule has 0 aliphatic carbocycles. The molecule has 0 heterocycles. The highest BCUT2D eigenvalue weighted by Gasteiger charge is 2.63. The van der Waals surface area contributed by atoms with Gasteiger partial charge in [0.25, 0.3) is 0 Å². The zero-order valence-electron chi connectivity index (χ0n) is 8.29. The van der Waals surface area contributed by atoms with Gasteiger partial charge in [-0.05, 0) is 12.8 Å². The van der Waals surface area contributed by atoms with Crippen LogP contribution < -0.4 is 5.32 Å². The molecule has 0 unspecified atom stereocenters. The van der Waals surface area contributed by atoms with E-state index in [1.807, 2.05) is 0 Å². The molecule has 7 heteroatoms. The van der Waals surface area contributed by atoms with Crippen molar-refractivity contribution < 1.29 is 26.7 Å². The summed E-state index contributed by atoms with van der Waals surface area (Å²) in [6.07, 6.45) is -5.24. The van der Waals surface area contributed by atoms with Crippen molar-refractivity contribution in [2.24, 2.45) is 0 Å². The Hall–Kier alpha value is -0.880. The van der Waals surface area contributed by atoms with Gasteiger partial charge in [0.1, 0.15) is 0 Å². The SMILES string of the molecule is CCC(CC)NC(=O)C(F)(F)C(F)(F)F. The van der Waals surface area contributed by atoms with Crippen LogP contribution in [0.1, 0.15) is 26.7 Å². The number of hydrogen-bond acceptors (Lipinski definition) is 1. The number of rotatable bonds is 4. The minimum atomic E-state index is -5.84. The van der Waals surface area contributed by atoms with E-state index in [0.29, 0.717) is 12.8 Å². The van der Waals surface area contributed by atoms with Gasteiger partial charge in [0.2, 0.25) is 0 Å². The van der Waals surface area contributed by atoms with Crippen molar-refractivity contribution in [2.45, 2.75) is 44.8 Å². The first-order valence-corrected chi connectivity index (χ1v) is 4.42. The van der Waals surface area contributed by atoms with Crippen LogP contribution >= 0.6 is 0 Å². The lowest BCUT2D eigenvalue weighted by molar-refractivity contribution is -0.270. The molecular formula is C8H12F5NO. The van der Waals surface area contributed by atoms with Crippen LogP contribution in [0.5, 0.6) is 0 Å². The monoisotopic (exact) mass is 233 g/mol. The van der Waals surface area contributed by atoms with Crippen LogP contribution in [0, 0.1) is 0 Å². The van der Waals surface area contributed by atoms with Crippen molar-refractivity contribution in [3.8, 4) is 0 Å². The van der Waals surface area contributed by atoms with E-state index in [9.17, 15) is 26.7 Å². The molecule has 0 atom stereocenters. The number of carbonyl (C=O) groups excluding carboxylic acids is 1. The standard InChI is InChI=1S/C8H12F5NO/c1-3-5(4-2)14-6(15)7(9,10)8(11,12)13/h5H,3-4H2,1-2H3,(H,14,15). The van der Waals surface area contributed by atoms with Gasteiger partial charge >= 0.3 is 18.0 Å². The van der Waals surface area contributed by atoms with Crippen molar-refractivity contribution in [2.75, 3.05) is 0 Å². The molecule has 0 rings (SSSR count). The number of alkyl halides is 5. The molecule has 0 aliphatic rings. The Bertz CT molecular complexity index is 222. The van der Waals surface area contributed by atoms with E-state index in [-0.39, 0.29) is 0 Å². The van der Waals surface area contributed by atoms with Gasteiger partial charge in [-0.3, -0.25) is 4.79 Å². The van der Waals surface area contributed by atoms with Crippen molar-refractivity contribution in [3.63, 3.8) is 0 Å². The zero-order chi connectivity index (χ0) is 12.3. The minimum absolute atomic E-state index is 0.302. The first kappa shape index (κ1) is 14.1. The molecule has 15 heavy (non-hydrogen) atoms. The van der Waals surface area contributed by atoms with Gasteiger partial charge in [0.05, 0.1) is 0 Å². The van der Waals surface area contributed by atoms with Gasteiger partial charge in [-0.15, -0.1) is 0 Å². The topological polar surface area (TPSA) is 29.1 Å². The number of carbonyl (C=O) groups is 1. The Morgan fingerprint density at radius 2 is 1.53 bits per heavy atom. The second kappa shape index (κ2) is 4.76. The minimum Gasteiger partial charge on any atom is -0.348 e. The normalized spacial score (nSPS) is 13.1. The number of amides is 1. The van der Waals surface area contributed by atoms with Gasteiger partial charge in [0.15, 0.2) is 0 Å². The summed E-state index contributed by atoms with van der Waals surface area (Å²) in [5, 5.41) is 1.65.